The van der Waals surface area contributed by atoms with Gasteiger partial charge in [0, 0.05) is 22.6 Å². The number of aryl methyl sites for hydroxylation is 1. The maximum atomic E-state index is 6.41. The van der Waals surface area contributed by atoms with Crippen LogP contribution in [0.5, 0.6) is 0 Å². The monoisotopic (exact) mass is 360 g/mol. The van der Waals surface area contributed by atoms with Crippen molar-refractivity contribution in [1.29, 1.82) is 0 Å². The number of aromatic nitrogens is 1. The predicted molar refractivity (Wildman–Crippen MR) is 93.0 cm³/mol. The van der Waals surface area contributed by atoms with Crippen LogP contribution in [0.15, 0.2) is 53.1 Å². The van der Waals surface area contributed by atoms with E-state index < -0.39 is 0 Å². The second kappa shape index (κ2) is 6.04. The van der Waals surface area contributed by atoms with Crippen LogP contribution in [0.2, 0.25) is 5.02 Å². The third-order valence-electron chi connectivity index (χ3n) is 3.39. The van der Waals surface area contributed by atoms with Crippen LogP contribution in [0.25, 0.3) is 10.9 Å². The number of pyridine rings is 1. The van der Waals surface area contributed by atoms with Crippen LogP contribution in [0, 0.1) is 6.92 Å². The fourth-order valence-corrected chi connectivity index (χ4v) is 3.18. The molecule has 0 saturated carbocycles. The molecule has 0 aliphatic heterocycles. The zero-order valence-corrected chi connectivity index (χ0v) is 13.9. The van der Waals surface area contributed by atoms with Gasteiger partial charge in [-0.15, -0.1) is 0 Å². The van der Waals surface area contributed by atoms with Crippen molar-refractivity contribution in [3.8, 4) is 0 Å². The van der Waals surface area contributed by atoms with Gasteiger partial charge in [0.15, 0.2) is 0 Å². The number of nitrogens with one attached hydrogen (secondary N) is 1. The van der Waals surface area contributed by atoms with Crippen LogP contribution in [0.4, 0.5) is 5.69 Å². The van der Waals surface area contributed by atoms with E-state index in [2.05, 4.69) is 38.4 Å². The topological polar surface area (TPSA) is 24.9 Å². The minimum Gasteiger partial charge on any atom is -0.379 e. The Bertz CT molecular complexity index is 802. The molecule has 1 heterocycles. The molecule has 21 heavy (non-hydrogen) atoms. The smallest absolute Gasteiger partial charge is 0.0752 e. The van der Waals surface area contributed by atoms with Gasteiger partial charge in [0.1, 0.15) is 0 Å². The highest BCUT2D eigenvalue weighted by Crippen LogP contribution is 2.33. The Kier molecular flexibility index (Phi) is 4.13. The molecule has 0 unspecified atom stereocenters. The minimum atomic E-state index is 0.714. The number of hydrogen-bond donors (Lipinski definition) is 1. The Labute approximate surface area is 137 Å². The molecule has 0 radical (unpaired) electrons. The van der Waals surface area contributed by atoms with E-state index in [-0.39, 0.29) is 0 Å². The van der Waals surface area contributed by atoms with E-state index >= 15 is 0 Å². The maximum Gasteiger partial charge on any atom is 0.0752 e. The summed E-state index contributed by atoms with van der Waals surface area (Å²) in [6.07, 6.45) is 1.81. The lowest BCUT2D eigenvalue weighted by atomic mass is 10.1. The average Bonchev–Trinajstić information content (AvgIpc) is 2.47. The molecule has 0 saturated heterocycles. The summed E-state index contributed by atoms with van der Waals surface area (Å²) in [6, 6.07) is 14.2. The van der Waals surface area contributed by atoms with Gasteiger partial charge in [0.2, 0.25) is 0 Å². The van der Waals surface area contributed by atoms with Gasteiger partial charge in [-0.3, -0.25) is 4.98 Å². The van der Waals surface area contributed by atoms with Crippen LogP contribution >= 0.6 is 27.5 Å². The fourth-order valence-electron chi connectivity index (χ4n) is 2.40. The Balaban J connectivity index is 1.97. The molecule has 0 fully saturated rings. The summed E-state index contributed by atoms with van der Waals surface area (Å²) in [4.78, 5) is 4.45. The van der Waals surface area contributed by atoms with E-state index in [0.29, 0.717) is 6.54 Å². The number of anilines is 1. The minimum absolute atomic E-state index is 0.714. The molecule has 0 aliphatic rings. The predicted octanol–water partition coefficient (Wildman–Crippen LogP) is 5.57. The molecule has 3 rings (SSSR count). The molecule has 0 spiro atoms. The van der Waals surface area contributed by atoms with Crippen LogP contribution in [-0.2, 0) is 6.54 Å². The molecule has 0 atom stereocenters. The lowest BCUT2D eigenvalue weighted by Crippen LogP contribution is -2.01. The summed E-state index contributed by atoms with van der Waals surface area (Å²) >= 11 is 9.89. The van der Waals surface area contributed by atoms with E-state index in [4.69, 9.17) is 11.6 Å². The maximum absolute atomic E-state index is 6.41. The molecule has 106 valence electrons. The van der Waals surface area contributed by atoms with Gasteiger partial charge in [-0.1, -0.05) is 39.7 Å². The quantitative estimate of drug-likeness (QED) is 0.659. The van der Waals surface area contributed by atoms with Gasteiger partial charge in [-0.25, -0.2) is 0 Å². The first-order chi connectivity index (χ1) is 10.1. The van der Waals surface area contributed by atoms with Gasteiger partial charge >= 0.3 is 0 Å². The fraction of sp³-hybridized carbons (Fsp3) is 0.118. The standard InChI is InChI=1S/C17H14BrClN2/c1-11-8-15(19)17(14-6-3-7-20-16(11)14)21-10-12-4-2-5-13(18)9-12/h2-9,21H,10H2,1H3. The zero-order valence-electron chi connectivity index (χ0n) is 11.5. The van der Waals surface area contributed by atoms with Crippen molar-refractivity contribution in [2.45, 2.75) is 13.5 Å². The molecule has 1 aromatic heterocycles. The van der Waals surface area contributed by atoms with Gasteiger partial charge < -0.3 is 5.32 Å². The van der Waals surface area contributed by atoms with Crippen molar-refractivity contribution >= 4 is 44.1 Å². The highest BCUT2D eigenvalue weighted by molar-refractivity contribution is 9.10. The third kappa shape index (κ3) is 3.04. The lowest BCUT2D eigenvalue weighted by molar-refractivity contribution is 1.15. The summed E-state index contributed by atoms with van der Waals surface area (Å²) in [6.45, 7) is 2.74. The number of nitrogens with zero attached hydrogens (tertiary/aromatic N) is 1. The first kappa shape index (κ1) is 14.4. The third-order valence-corrected chi connectivity index (χ3v) is 4.18. The van der Waals surface area contributed by atoms with Crippen molar-refractivity contribution in [2.24, 2.45) is 0 Å². The van der Waals surface area contributed by atoms with Crippen LogP contribution in [0.1, 0.15) is 11.1 Å². The Morgan fingerprint density at radius 3 is 2.86 bits per heavy atom. The summed E-state index contributed by atoms with van der Waals surface area (Å²) in [5, 5.41) is 5.21. The SMILES string of the molecule is Cc1cc(Cl)c(NCc2cccc(Br)c2)c2cccnc12. The Morgan fingerprint density at radius 2 is 2.05 bits per heavy atom. The van der Waals surface area contributed by atoms with Crippen molar-refractivity contribution in [2.75, 3.05) is 5.32 Å². The number of fused-ring (bicyclic) bond motifs is 1. The molecule has 0 bridgehead atoms. The second-order valence-corrected chi connectivity index (χ2v) is 6.26. The highest BCUT2D eigenvalue weighted by Gasteiger charge is 2.09. The molecule has 0 aliphatic carbocycles. The zero-order chi connectivity index (χ0) is 14.8. The van der Waals surface area contributed by atoms with Gasteiger partial charge in [0.25, 0.3) is 0 Å². The van der Waals surface area contributed by atoms with E-state index in [1.54, 1.807) is 6.20 Å². The van der Waals surface area contributed by atoms with Gasteiger partial charge in [0.05, 0.1) is 16.2 Å². The summed E-state index contributed by atoms with van der Waals surface area (Å²) in [5.74, 6) is 0. The first-order valence-electron chi connectivity index (χ1n) is 6.67. The number of benzene rings is 2. The summed E-state index contributed by atoms with van der Waals surface area (Å²) < 4.78 is 1.07. The van der Waals surface area contributed by atoms with Crippen LogP contribution < -0.4 is 5.32 Å². The molecule has 4 heteroatoms. The van der Waals surface area contributed by atoms with Gasteiger partial charge in [-0.05, 0) is 48.4 Å². The number of halogens is 2. The van der Waals surface area contributed by atoms with Crippen molar-refractivity contribution in [3.05, 3.63) is 69.3 Å². The van der Waals surface area contributed by atoms with E-state index in [9.17, 15) is 0 Å². The molecule has 0 amide bonds. The van der Waals surface area contributed by atoms with Crippen molar-refractivity contribution in [1.82, 2.24) is 4.98 Å². The largest absolute Gasteiger partial charge is 0.379 e. The molecule has 2 aromatic carbocycles. The molecular weight excluding hydrogens is 348 g/mol. The summed E-state index contributed by atoms with van der Waals surface area (Å²) in [7, 11) is 0. The Hall–Kier alpha value is -1.58. The summed E-state index contributed by atoms with van der Waals surface area (Å²) in [5.41, 5.74) is 4.20. The first-order valence-corrected chi connectivity index (χ1v) is 7.84. The normalized spacial score (nSPS) is 10.8. The Morgan fingerprint density at radius 1 is 1.19 bits per heavy atom. The molecule has 2 nitrogen and oxygen atoms in total. The number of rotatable bonds is 3. The van der Waals surface area contributed by atoms with Crippen molar-refractivity contribution in [3.63, 3.8) is 0 Å². The molecule has 3 aromatic rings. The van der Waals surface area contributed by atoms with Crippen LogP contribution in [0.3, 0.4) is 0 Å². The second-order valence-electron chi connectivity index (χ2n) is 4.93. The van der Waals surface area contributed by atoms with Crippen molar-refractivity contribution < 1.29 is 0 Å². The van der Waals surface area contributed by atoms with Gasteiger partial charge in [-0.2, -0.15) is 0 Å². The molecule has 1 N–H and O–H groups in total. The van der Waals surface area contributed by atoms with E-state index in [0.717, 1.165) is 31.6 Å². The van der Waals surface area contributed by atoms with E-state index in [1.807, 2.05) is 37.3 Å². The highest BCUT2D eigenvalue weighted by atomic mass is 79.9. The average molecular weight is 362 g/mol. The molecular formula is C17H14BrClN2. The number of hydrogen-bond acceptors (Lipinski definition) is 2. The lowest BCUT2D eigenvalue weighted by Gasteiger charge is -2.13. The van der Waals surface area contributed by atoms with Crippen LogP contribution in [-0.4, -0.2) is 4.98 Å². The van der Waals surface area contributed by atoms with E-state index in [1.165, 1.54) is 5.56 Å².